The van der Waals surface area contributed by atoms with Gasteiger partial charge in [-0.3, -0.25) is 14.9 Å². The number of carbonyl (C=O) groups is 2. The monoisotopic (exact) mass is 373 g/mol. The molecule has 0 aromatic heterocycles. The maximum Gasteiger partial charge on any atom is 0.345 e. The summed E-state index contributed by atoms with van der Waals surface area (Å²) in [4.78, 5) is 34.5. The van der Waals surface area contributed by atoms with E-state index in [0.717, 1.165) is 6.07 Å². The van der Waals surface area contributed by atoms with Crippen LogP contribution in [0.2, 0.25) is 0 Å². The summed E-state index contributed by atoms with van der Waals surface area (Å²) in [6.07, 6.45) is 0. The summed E-state index contributed by atoms with van der Waals surface area (Å²) >= 11 is 0. The fraction of sp³-hybridized carbons (Fsp3) is 0.222. The van der Waals surface area contributed by atoms with Crippen molar-refractivity contribution in [2.75, 3.05) is 13.9 Å². The molecule has 0 fully saturated rings. The number of hydrogen-bond acceptors (Lipinski definition) is 8. The second kappa shape index (κ2) is 7.32. The summed E-state index contributed by atoms with van der Waals surface area (Å²) < 4.78 is 20.7. The molecule has 0 unspecified atom stereocenters. The molecule has 9 heteroatoms. The predicted molar refractivity (Wildman–Crippen MR) is 91.3 cm³/mol. The summed E-state index contributed by atoms with van der Waals surface area (Å²) in [6.45, 7) is 1.10. The van der Waals surface area contributed by atoms with Gasteiger partial charge >= 0.3 is 5.97 Å². The van der Waals surface area contributed by atoms with Crippen molar-refractivity contribution < 1.29 is 33.5 Å². The molecule has 27 heavy (non-hydrogen) atoms. The normalized spacial score (nSPS) is 11.8. The van der Waals surface area contributed by atoms with Crippen LogP contribution in [0.15, 0.2) is 30.3 Å². The lowest BCUT2D eigenvalue weighted by molar-refractivity contribution is -0.385. The number of ketones is 1. The van der Waals surface area contributed by atoms with E-state index in [4.69, 9.17) is 18.9 Å². The zero-order valence-corrected chi connectivity index (χ0v) is 14.5. The van der Waals surface area contributed by atoms with Gasteiger partial charge in [-0.1, -0.05) is 0 Å². The molecule has 0 N–H and O–H groups in total. The lowest BCUT2D eigenvalue weighted by Crippen LogP contribution is -2.09. The van der Waals surface area contributed by atoms with Gasteiger partial charge in [0, 0.05) is 17.2 Å². The highest BCUT2D eigenvalue weighted by Gasteiger charge is 2.28. The maximum atomic E-state index is 12.4. The Bertz CT molecular complexity index is 937. The highest BCUT2D eigenvalue weighted by atomic mass is 16.7. The largest absolute Gasteiger partial charge is 0.496 e. The number of methoxy groups -OCH3 is 1. The molecule has 0 bridgehead atoms. The molecule has 2 aromatic carbocycles. The molecule has 0 spiro atoms. The molecule has 0 aliphatic carbocycles. The van der Waals surface area contributed by atoms with Crippen LogP contribution >= 0.6 is 0 Å². The number of hydrogen-bond donors (Lipinski definition) is 0. The van der Waals surface area contributed by atoms with Gasteiger partial charge in [0.2, 0.25) is 6.79 Å². The first kappa shape index (κ1) is 18.2. The van der Waals surface area contributed by atoms with E-state index in [1.165, 1.54) is 20.1 Å². The van der Waals surface area contributed by atoms with Crippen LogP contribution in [0, 0.1) is 10.1 Å². The van der Waals surface area contributed by atoms with E-state index in [2.05, 4.69) is 0 Å². The maximum absolute atomic E-state index is 12.4. The van der Waals surface area contributed by atoms with E-state index in [-0.39, 0.29) is 36.2 Å². The molecule has 0 amide bonds. The quantitative estimate of drug-likeness (QED) is 0.329. The van der Waals surface area contributed by atoms with Gasteiger partial charge in [0.15, 0.2) is 17.3 Å². The average Bonchev–Trinajstić information content (AvgIpc) is 3.12. The van der Waals surface area contributed by atoms with Crippen LogP contribution in [0.5, 0.6) is 17.2 Å². The van der Waals surface area contributed by atoms with Crippen molar-refractivity contribution in [1.29, 1.82) is 0 Å². The summed E-state index contributed by atoms with van der Waals surface area (Å²) in [5, 5.41) is 11.3. The van der Waals surface area contributed by atoms with Gasteiger partial charge < -0.3 is 18.9 Å². The van der Waals surface area contributed by atoms with Crippen LogP contribution in [0.4, 0.5) is 5.69 Å². The zero-order chi connectivity index (χ0) is 19.6. The smallest absolute Gasteiger partial charge is 0.345 e. The van der Waals surface area contributed by atoms with Crippen LogP contribution < -0.4 is 14.2 Å². The summed E-state index contributed by atoms with van der Waals surface area (Å²) in [7, 11) is 1.44. The van der Waals surface area contributed by atoms with E-state index >= 15 is 0 Å². The number of nitrogens with zero attached hydrogens (tertiary/aromatic N) is 1. The molecule has 140 valence electrons. The van der Waals surface area contributed by atoms with E-state index in [1.54, 1.807) is 18.2 Å². The Morgan fingerprint density at radius 3 is 2.52 bits per heavy atom. The number of esters is 1. The van der Waals surface area contributed by atoms with Crippen molar-refractivity contribution in [3.05, 3.63) is 57.1 Å². The van der Waals surface area contributed by atoms with Crippen molar-refractivity contribution in [3.8, 4) is 17.2 Å². The van der Waals surface area contributed by atoms with Crippen LogP contribution in [-0.4, -0.2) is 30.6 Å². The molecule has 1 heterocycles. The summed E-state index contributed by atoms with van der Waals surface area (Å²) in [5.74, 6) is -0.224. The number of fused-ring (bicyclic) bond motifs is 1. The SMILES string of the molecule is COc1ccc(C(C)=O)cc1COC(=O)c1cc2c(cc1[N+](=O)[O-])OCO2. The molecule has 9 nitrogen and oxygen atoms in total. The van der Waals surface area contributed by atoms with Gasteiger partial charge in [0.05, 0.1) is 18.1 Å². The molecule has 2 aromatic rings. The van der Waals surface area contributed by atoms with Crippen molar-refractivity contribution in [2.45, 2.75) is 13.5 Å². The highest BCUT2D eigenvalue weighted by molar-refractivity contribution is 5.95. The summed E-state index contributed by atoms with van der Waals surface area (Å²) in [5.41, 5.74) is 0.178. The van der Waals surface area contributed by atoms with Gasteiger partial charge in [-0.25, -0.2) is 4.79 Å². The molecule has 0 radical (unpaired) electrons. The number of nitro groups is 1. The fourth-order valence-corrected chi connectivity index (χ4v) is 2.58. The first-order valence-corrected chi connectivity index (χ1v) is 7.83. The second-order valence-corrected chi connectivity index (χ2v) is 5.64. The van der Waals surface area contributed by atoms with Crippen LogP contribution in [-0.2, 0) is 11.3 Å². The Morgan fingerprint density at radius 1 is 1.19 bits per heavy atom. The van der Waals surface area contributed by atoms with Crippen LogP contribution in [0.3, 0.4) is 0 Å². The topological polar surface area (TPSA) is 114 Å². The van der Waals surface area contributed by atoms with E-state index in [9.17, 15) is 19.7 Å². The highest BCUT2D eigenvalue weighted by Crippen LogP contribution is 2.38. The Labute approximate surface area is 153 Å². The molecule has 1 aliphatic heterocycles. The minimum atomic E-state index is -0.907. The van der Waals surface area contributed by atoms with Gasteiger partial charge in [0.25, 0.3) is 5.69 Å². The van der Waals surface area contributed by atoms with Gasteiger partial charge in [0.1, 0.15) is 17.9 Å². The minimum Gasteiger partial charge on any atom is -0.496 e. The van der Waals surface area contributed by atoms with Crippen molar-refractivity contribution in [2.24, 2.45) is 0 Å². The Morgan fingerprint density at radius 2 is 1.89 bits per heavy atom. The molecule has 1 aliphatic rings. The lowest BCUT2D eigenvalue weighted by Gasteiger charge is -2.11. The number of nitro benzene ring substituents is 1. The molecule has 0 saturated carbocycles. The number of benzene rings is 2. The first-order valence-electron chi connectivity index (χ1n) is 7.83. The van der Waals surface area contributed by atoms with E-state index < -0.39 is 16.6 Å². The summed E-state index contributed by atoms with van der Waals surface area (Å²) in [6, 6.07) is 7.06. The van der Waals surface area contributed by atoms with Crippen LogP contribution in [0.25, 0.3) is 0 Å². The van der Waals surface area contributed by atoms with Gasteiger partial charge in [-0.15, -0.1) is 0 Å². The van der Waals surface area contributed by atoms with Gasteiger partial charge in [-0.2, -0.15) is 0 Å². The third kappa shape index (κ3) is 3.66. The first-order chi connectivity index (χ1) is 12.9. The molecular formula is C18H15NO8. The number of Topliss-reactive ketones (excluding diaryl/α,β-unsaturated/α-hetero) is 1. The minimum absolute atomic E-state index is 0.0833. The molecule has 3 rings (SSSR count). The third-order valence-corrected chi connectivity index (χ3v) is 3.95. The zero-order valence-electron chi connectivity index (χ0n) is 14.5. The Balaban J connectivity index is 1.86. The molecular weight excluding hydrogens is 358 g/mol. The lowest BCUT2D eigenvalue weighted by atomic mass is 10.1. The third-order valence-electron chi connectivity index (χ3n) is 3.95. The van der Waals surface area contributed by atoms with Crippen molar-refractivity contribution >= 4 is 17.4 Å². The Hall–Kier alpha value is -3.62. The predicted octanol–water partition coefficient (Wildman–Crippen LogP) is 2.89. The van der Waals surface area contributed by atoms with E-state index in [0.29, 0.717) is 16.9 Å². The van der Waals surface area contributed by atoms with Crippen LogP contribution in [0.1, 0.15) is 33.2 Å². The van der Waals surface area contributed by atoms with Crippen molar-refractivity contribution in [1.82, 2.24) is 0 Å². The molecule has 0 saturated heterocycles. The second-order valence-electron chi connectivity index (χ2n) is 5.64. The molecule has 0 atom stereocenters. The number of ether oxygens (including phenoxy) is 4. The fourth-order valence-electron chi connectivity index (χ4n) is 2.58. The average molecular weight is 373 g/mol. The number of carbonyl (C=O) groups excluding carboxylic acids is 2. The van der Waals surface area contributed by atoms with Gasteiger partial charge in [-0.05, 0) is 25.1 Å². The van der Waals surface area contributed by atoms with E-state index in [1.807, 2.05) is 0 Å². The standard InChI is InChI=1S/C18H15NO8/c1-10(20)11-3-4-15(24-2)12(5-11)8-25-18(21)13-6-16-17(27-9-26-16)7-14(13)19(22)23/h3-7H,8-9H2,1-2H3. The number of rotatable bonds is 6. The Kier molecular flexibility index (Phi) is 4.93. The van der Waals surface area contributed by atoms with Crippen molar-refractivity contribution in [3.63, 3.8) is 0 Å².